The molecule has 2 fully saturated rings. The monoisotopic (exact) mass is 289 g/mol. The molecule has 0 amide bonds. The van der Waals surface area contributed by atoms with Crippen molar-refractivity contribution in [1.29, 1.82) is 0 Å². The van der Waals surface area contributed by atoms with Gasteiger partial charge >= 0.3 is 0 Å². The van der Waals surface area contributed by atoms with E-state index in [1.54, 1.807) is 0 Å². The van der Waals surface area contributed by atoms with Crippen molar-refractivity contribution < 1.29 is 0 Å². The normalized spacial score (nSPS) is 26.2. The number of nitrogens with one attached hydrogen (secondary N) is 1. The lowest BCUT2D eigenvalue weighted by atomic mass is 10.1. The van der Waals surface area contributed by atoms with E-state index in [0.717, 1.165) is 12.0 Å². The van der Waals surface area contributed by atoms with Gasteiger partial charge in [0.15, 0.2) is 0 Å². The molecule has 118 valence electrons. The van der Waals surface area contributed by atoms with Crippen molar-refractivity contribution in [3.63, 3.8) is 0 Å². The van der Waals surface area contributed by atoms with E-state index in [0.29, 0.717) is 0 Å². The van der Waals surface area contributed by atoms with Gasteiger partial charge in [-0.15, -0.1) is 0 Å². The Bertz CT molecular complexity index is 136. The van der Waals surface area contributed by atoms with Crippen LogP contribution >= 0.6 is 11.8 Å². The maximum Gasteiger partial charge on any atom is 0.00387 e. The Balaban J connectivity index is 0. The van der Waals surface area contributed by atoms with Crippen molar-refractivity contribution in [3.05, 3.63) is 0 Å². The zero-order chi connectivity index (χ0) is 14.9. The number of thioether (sulfide) groups is 1. The summed E-state index contributed by atoms with van der Waals surface area (Å²) in [5, 5.41) is 3.44. The van der Waals surface area contributed by atoms with Crippen molar-refractivity contribution in [3.8, 4) is 0 Å². The highest BCUT2D eigenvalue weighted by atomic mass is 32.2. The third-order valence-corrected chi connectivity index (χ3v) is 4.58. The topological polar surface area (TPSA) is 12.0 Å². The van der Waals surface area contributed by atoms with Crippen LogP contribution in [0.1, 0.15) is 80.1 Å². The fourth-order valence-corrected chi connectivity index (χ4v) is 3.21. The predicted molar refractivity (Wildman–Crippen MR) is 94.4 cm³/mol. The predicted octanol–water partition coefficient (Wildman–Crippen LogP) is 5.74. The largest absolute Gasteiger partial charge is 0.314 e. The summed E-state index contributed by atoms with van der Waals surface area (Å²) in [6.07, 6.45) is 8.52. The van der Waals surface area contributed by atoms with Crippen LogP contribution in [0.4, 0.5) is 0 Å². The summed E-state index contributed by atoms with van der Waals surface area (Å²) in [6.45, 7) is 13.8. The molecule has 0 aliphatic carbocycles. The van der Waals surface area contributed by atoms with E-state index in [9.17, 15) is 0 Å². The van der Waals surface area contributed by atoms with Crippen LogP contribution in [0.3, 0.4) is 0 Å². The van der Waals surface area contributed by atoms with E-state index in [-0.39, 0.29) is 0 Å². The van der Waals surface area contributed by atoms with Gasteiger partial charge in [-0.25, -0.2) is 0 Å². The highest BCUT2D eigenvalue weighted by Crippen LogP contribution is 2.21. The lowest BCUT2D eigenvalue weighted by molar-refractivity contribution is 0.550. The Morgan fingerprint density at radius 1 is 0.842 bits per heavy atom. The molecular formula is C17H39NS. The van der Waals surface area contributed by atoms with Crippen LogP contribution in [0.5, 0.6) is 0 Å². The average Bonchev–Trinajstić information content (AvgIpc) is 2.72. The maximum absolute atomic E-state index is 3.44. The minimum Gasteiger partial charge on any atom is -0.314 e. The third-order valence-electron chi connectivity index (χ3n) is 3.19. The third kappa shape index (κ3) is 16.3. The molecule has 2 aliphatic rings. The van der Waals surface area contributed by atoms with Crippen LogP contribution in [0, 0.1) is 5.92 Å². The molecule has 2 heteroatoms. The molecule has 2 saturated heterocycles. The lowest BCUT2D eigenvalue weighted by Crippen LogP contribution is -2.24. The van der Waals surface area contributed by atoms with E-state index >= 15 is 0 Å². The van der Waals surface area contributed by atoms with Crippen molar-refractivity contribution in [1.82, 2.24) is 5.32 Å². The second kappa shape index (κ2) is 18.3. The average molecular weight is 290 g/mol. The summed E-state index contributed by atoms with van der Waals surface area (Å²) in [5.41, 5.74) is 0. The molecule has 2 unspecified atom stereocenters. The van der Waals surface area contributed by atoms with Gasteiger partial charge in [0.2, 0.25) is 0 Å². The fraction of sp³-hybridized carbons (Fsp3) is 1.00. The van der Waals surface area contributed by atoms with Crippen LogP contribution in [0.15, 0.2) is 0 Å². The van der Waals surface area contributed by atoms with Gasteiger partial charge in [0.1, 0.15) is 0 Å². The van der Waals surface area contributed by atoms with Gasteiger partial charge in [-0.2, -0.15) is 11.8 Å². The number of rotatable bonds is 0. The molecule has 2 rings (SSSR count). The smallest absolute Gasteiger partial charge is 0.00387 e. The van der Waals surface area contributed by atoms with Gasteiger partial charge in [-0.1, -0.05) is 47.5 Å². The first kappa shape index (κ1) is 21.6. The molecule has 19 heavy (non-hydrogen) atoms. The van der Waals surface area contributed by atoms with Gasteiger partial charge in [-0.05, 0) is 56.6 Å². The van der Waals surface area contributed by atoms with Crippen LogP contribution in [-0.2, 0) is 0 Å². The van der Waals surface area contributed by atoms with Crippen molar-refractivity contribution in [2.75, 3.05) is 18.1 Å². The Hall–Kier alpha value is 0.310. The molecule has 0 aromatic heterocycles. The van der Waals surface area contributed by atoms with Gasteiger partial charge < -0.3 is 5.32 Å². The molecule has 0 aromatic rings. The highest BCUT2D eigenvalue weighted by molar-refractivity contribution is 7.99. The minimum absolute atomic E-state index is 0.775. The first-order valence-corrected chi connectivity index (χ1v) is 9.75. The Labute approximate surface area is 127 Å². The molecule has 1 nitrogen and oxygen atoms in total. The quantitative estimate of drug-likeness (QED) is 0.610. The Morgan fingerprint density at radius 2 is 1.53 bits per heavy atom. The molecule has 0 radical (unpaired) electrons. The van der Waals surface area contributed by atoms with Crippen LogP contribution in [0.25, 0.3) is 0 Å². The van der Waals surface area contributed by atoms with Crippen LogP contribution < -0.4 is 5.32 Å². The minimum atomic E-state index is 0.775. The summed E-state index contributed by atoms with van der Waals surface area (Å²) in [6, 6.07) is 0.775. The molecule has 0 aromatic carbocycles. The second-order valence-corrected chi connectivity index (χ2v) is 6.18. The molecule has 2 atom stereocenters. The molecular weight excluding hydrogens is 250 g/mol. The number of hydrogen-bond donors (Lipinski definition) is 1. The van der Waals surface area contributed by atoms with Gasteiger partial charge in [0.05, 0.1) is 0 Å². The number of hydrogen-bond acceptors (Lipinski definition) is 2. The fourth-order valence-electron chi connectivity index (χ4n) is 2.10. The van der Waals surface area contributed by atoms with Crippen molar-refractivity contribution in [2.24, 2.45) is 5.92 Å². The molecule has 0 saturated carbocycles. The maximum atomic E-state index is 3.44. The van der Waals surface area contributed by atoms with E-state index in [2.05, 4.69) is 30.9 Å². The summed E-state index contributed by atoms with van der Waals surface area (Å²) in [7, 11) is 0. The first-order chi connectivity index (χ1) is 9.29. The van der Waals surface area contributed by atoms with E-state index in [4.69, 9.17) is 0 Å². The van der Waals surface area contributed by atoms with Crippen LogP contribution in [0.2, 0.25) is 0 Å². The van der Waals surface area contributed by atoms with Crippen LogP contribution in [-0.4, -0.2) is 24.1 Å². The molecule has 2 aliphatic heterocycles. The van der Waals surface area contributed by atoms with Gasteiger partial charge in [0, 0.05) is 6.04 Å². The summed E-state index contributed by atoms with van der Waals surface area (Å²) in [4.78, 5) is 0. The second-order valence-electron chi connectivity index (χ2n) is 5.03. The first-order valence-electron chi connectivity index (χ1n) is 8.60. The van der Waals surface area contributed by atoms with E-state index in [1.165, 1.54) is 56.6 Å². The Morgan fingerprint density at radius 3 is 2.00 bits per heavy atom. The molecule has 0 bridgehead atoms. The molecule has 1 N–H and O–H groups in total. The van der Waals surface area contributed by atoms with Gasteiger partial charge in [-0.3, -0.25) is 0 Å². The Kier molecular flexibility index (Phi) is 20.8. The molecule has 2 heterocycles. The zero-order valence-corrected chi connectivity index (χ0v) is 15.2. The summed E-state index contributed by atoms with van der Waals surface area (Å²) in [5.74, 6) is 3.81. The van der Waals surface area contributed by atoms with Crippen molar-refractivity contribution >= 4 is 11.8 Å². The zero-order valence-electron chi connectivity index (χ0n) is 14.4. The van der Waals surface area contributed by atoms with Crippen molar-refractivity contribution in [2.45, 2.75) is 86.1 Å². The summed E-state index contributed by atoms with van der Waals surface area (Å²) < 4.78 is 0. The standard InChI is InChI=1S/C7H15N.C6H12S.2C2H6/c1-7-5-3-2-4-6-8-7;1-6-3-2-4-7-5-6;2*1-2/h7-8H,2-6H2,1H3;6H,2-5H2,1H3;2*1-2H3. The highest BCUT2D eigenvalue weighted by Gasteiger charge is 2.06. The lowest BCUT2D eigenvalue weighted by Gasteiger charge is -2.15. The molecule has 0 spiro atoms. The van der Waals surface area contributed by atoms with E-state index < -0.39 is 0 Å². The summed E-state index contributed by atoms with van der Waals surface area (Å²) >= 11 is 2.10. The SMILES string of the molecule is CC.CC.CC1CCCCCN1.CC1CCCSC1. The van der Waals surface area contributed by atoms with E-state index in [1.807, 2.05) is 27.7 Å². The van der Waals surface area contributed by atoms with Gasteiger partial charge in [0.25, 0.3) is 0 Å².